The van der Waals surface area contributed by atoms with Crippen LogP contribution < -0.4 is 24.8 Å². The van der Waals surface area contributed by atoms with E-state index in [0.29, 0.717) is 12.2 Å². The maximum absolute atomic E-state index is 13.6. The Kier molecular flexibility index (Phi) is 4.72. The number of nitrogens with one attached hydrogen (secondary N) is 2. The highest BCUT2D eigenvalue weighted by atomic mass is 16.7. The van der Waals surface area contributed by atoms with Crippen LogP contribution in [0.1, 0.15) is 35.9 Å². The normalized spacial score (nSPS) is 20.8. The predicted molar refractivity (Wildman–Crippen MR) is 126 cm³/mol. The zero-order valence-electron chi connectivity index (χ0n) is 18.3. The molecule has 2 N–H and O–H groups in total. The van der Waals surface area contributed by atoms with Gasteiger partial charge in [0.2, 0.25) is 6.79 Å². The van der Waals surface area contributed by atoms with Crippen LogP contribution >= 0.6 is 0 Å². The van der Waals surface area contributed by atoms with E-state index < -0.39 is 0 Å². The van der Waals surface area contributed by atoms with Gasteiger partial charge >= 0.3 is 0 Å². The monoisotopic (exact) mass is 440 g/mol. The lowest BCUT2D eigenvalue weighted by molar-refractivity contribution is -0.116. The second-order valence-electron chi connectivity index (χ2n) is 8.55. The van der Waals surface area contributed by atoms with E-state index in [4.69, 9.17) is 14.2 Å². The molecule has 0 aromatic heterocycles. The number of anilines is 2. The number of allylic oxidation sites excluding steroid dienone is 1. The summed E-state index contributed by atoms with van der Waals surface area (Å²) in [5.74, 6) is 2.51. The molecule has 1 aliphatic carbocycles. The Morgan fingerprint density at radius 1 is 0.879 bits per heavy atom. The Labute approximate surface area is 192 Å². The van der Waals surface area contributed by atoms with Gasteiger partial charge in [0.25, 0.3) is 0 Å². The molecule has 2 heterocycles. The molecule has 0 saturated heterocycles. The minimum absolute atomic E-state index is 0.109. The number of benzene rings is 3. The van der Waals surface area contributed by atoms with Crippen molar-refractivity contribution < 1.29 is 19.0 Å². The highest BCUT2D eigenvalue weighted by molar-refractivity contribution is 6.01. The number of ketones is 1. The van der Waals surface area contributed by atoms with Crippen LogP contribution in [0.15, 0.2) is 78.0 Å². The van der Waals surface area contributed by atoms with Crippen molar-refractivity contribution in [3.63, 3.8) is 0 Å². The number of Topliss-reactive ketones (excluding diaryl/α,β-unsaturated/α-hetero) is 1. The van der Waals surface area contributed by atoms with Crippen LogP contribution in [-0.4, -0.2) is 19.7 Å². The van der Waals surface area contributed by atoms with E-state index in [0.717, 1.165) is 51.7 Å². The molecule has 0 amide bonds. The lowest BCUT2D eigenvalue weighted by Gasteiger charge is -2.30. The molecule has 2 atom stereocenters. The van der Waals surface area contributed by atoms with E-state index in [1.807, 2.05) is 54.6 Å². The smallest absolute Gasteiger partial charge is 0.231 e. The molecule has 0 saturated carbocycles. The Hall–Kier alpha value is -3.93. The molecule has 6 nitrogen and oxygen atoms in total. The summed E-state index contributed by atoms with van der Waals surface area (Å²) in [6.45, 7) is 0.220. The Morgan fingerprint density at radius 3 is 2.45 bits per heavy atom. The van der Waals surface area contributed by atoms with Crippen LogP contribution in [0.2, 0.25) is 0 Å². The maximum atomic E-state index is 13.6. The first-order valence-electron chi connectivity index (χ1n) is 11.1. The largest absolute Gasteiger partial charge is 0.497 e. The lowest BCUT2D eigenvalue weighted by Crippen LogP contribution is -2.26. The molecule has 0 unspecified atom stereocenters. The minimum Gasteiger partial charge on any atom is -0.497 e. The number of carbonyl (C=O) groups excluding carboxylic acids is 1. The molecular weight excluding hydrogens is 416 g/mol. The summed E-state index contributed by atoms with van der Waals surface area (Å²) >= 11 is 0. The van der Waals surface area contributed by atoms with Gasteiger partial charge in [-0.2, -0.15) is 0 Å². The van der Waals surface area contributed by atoms with Crippen molar-refractivity contribution in [2.75, 3.05) is 24.5 Å². The van der Waals surface area contributed by atoms with Crippen molar-refractivity contribution in [3.05, 3.63) is 89.1 Å². The van der Waals surface area contributed by atoms with Crippen LogP contribution in [-0.2, 0) is 4.79 Å². The Balaban J connectivity index is 1.42. The van der Waals surface area contributed by atoms with Gasteiger partial charge in [-0.15, -0.1) is 0 Å². The van der Waals surface area contributed by atoms with Gasteiger partial charge < -0.3 is 24.8 Å². The molecule has 0 fully saturated rings. The van der Waals surface area contributed by atoms with Gasteiger partial charge in [-0.25, -0.2) is 0 Å². The highest BCUT2D eigenvalue weighted by Crippen LogP contribution is 2.45. The predicted octanol–water partition coefficient (Wildman–Crippen LogP) is 5.40. The standard InChI is InChI=1S/C27H24N2O4/c1-31-19-9-6-16(7-10-19)18-12-22-26(23(30)13-18)27(29-21-5-3-2-4-20(21)28-22)17-8-11-24-25(14-17)33-15-32-24/h2-11,14,18,27-29H,12-13,15H2,1H3/t18-,27+/m1/s1. The summed E-state index contributed by atoms with van der Waals surface area (Å²) in [6.07, 6.45) is 1.22. The van der Waals surface area contributed by atoms with Gasteiger partial charge in [0.05, 0.1) is 24.5 Å². The van der Waals surface area contributed by atoms with E-state index in [2.05, 4.69) is 22.8 Å². The van der Waals surface area contributed by atoms with Gasteiger partial charge in [0, 0.05) is 17.7 Å². The highest BCUT2D eigenvalue weighted by Gasteiger charge is 2.36. The molecule has 6 rings (SSSR count). The molecule has 0 spiro atoms. The number of hydrogen-bond acceptors (Lipinski definition) is 6. The van der Waals surface area contributed by atoms with E-state index >= 15 is 0 Å². The molecule has 6 heteroatoms. The molecule has 3 aromatic carbocycles. The summed E-state index contributed by atoms with van der Waals surface area (Å²) in [6, 6.07) is 21.7. The minimum atomic E-state index is -0.282. The SMILES string of the molecule is COc1ccc([C@H]2CC(=O)C3=C(C2)Nc2ccccc2N[C@H]3c2ccc3c(c2)OCO3)cc1. The first-order chi connectivity index (χ1) is 16.2. The third-order valence-corrected chi connectivity index (χ3v) is 6.63. The lowest BCUT2D eigenvalue weighted by atomic mass is 9.78. The Bertz CT molecular complexity index is 1270. The zero-order chi connectivity index (χ0) is 22.4. The van der Waals surface area contributed by atoms with Crippen LogP contribution in [0.25, 0.3) is 0 Å². The quantitative estimate of drug-likeness (QED) is 0.568. The average Bonchev–Trinajstić information content (AvgIpc) is 3.24. The van der Waals surface area contributed by atoms with Crippen molar-refractivity contribution in [2.45, 2.75) is 24.8 Å². The van der Waals surface area contributed by atoms with Crippen molar-refractivity contribution in [1.29, 1.82) is 0 Å². The third kappa shape index (κ3) is 3.48. The van der Waals surface area contributed by atoms with Gasteiger partial charge in [-0.05, 0) is 59.9 Å². The number of ether oxygens (including phenoxy) is 3. The second-order valence-corrected chi connectivity index (χ2v) is 8.55. The van der Waals surface area contributed by atoms with Crippen molar-refractivity contribution in [1.82, 2.24) is 0 Å². The van der Waals surface area contributed by atoms with Gasteiger partial charge in [0.1, 0.15) is 5.75 Å². The van der Waals surface area contributed by atoms with E-state index in [9.17, 15) is 4.79 Å². The van der Waals surface area contributed by atoms with E-state index in [1.54, 1.807) is 7.11 Å². The third-order valence-electron chi connectivity index (χ3n) is 6.63. The molecule has 0 radical (unpaired) electrons. The summed E-state index contributed by atoms with van der Waals surface area (Å²) in [5.41, 5.74) is 5.80. The van der Waals surface area contributed by atoms with Crippen molar-refractivity contribution in [3.8, 4) is 17.2 Å². The number of rotatable bonds is 3. The fourth-order valence-electron chi connectivity index (χ4n) is 4.95. The van der Waals surface area contributed by atoms with E-state index in [-0.39, 0.29) is 24.5 Å². The molecule has 33 heavy (non-hydrogen) atoms. The summed E-state index contributed by atoms with van der Waals surface area (Å²) in [4.78, 5) is 13.6. The van der Waals surface area contributed by atoms with Crippen molar-refractivity contribution in [2.24, 2.45) is 0 Å². The summed E-state index contributed by atoms with van der Waals surface area (Å²) in [7, 11) is 1.66. The first-order valence-corrected chi connectivity index (χ1v) is 11.1. The number of para-hydroxylation sites is 2. The van der Waals surface area contributed by atoms with Gasteiger partial charge in [-0.1, -0.05) is 30.3 Å². The number of methoxy groups -OCH3 is 1. The van der Waals surface area contributed by atoms with Gasteiger partial charge in [0.15, 0.2) is 17.3 Å². The number of hydrogen-bond donors (Lipinski definition) is 2. The molecule has 3 aliphatic rings. The fraction of sp³-hybridized carbons (Fsp3) is 0.222. The fourth-order valence-corrected chi connectivity index (χ4v) is 4.95. The molecule has 0 bridgehead atoms. The Morgan fingerprint density at radius 2 is 1.64 bits per heavy atom. The van der Waals surface area contributed by atoms with Crippen LogP contribution in [0, 0.1) is 0 Å². The van der Waals surface area contributed by atoms with Crippen LogP contribution in [0.3, 0.4) is 0 Å². The second kappa shape index (κ2) is 7.89. The number of fused-ring (bicyclic) bond motifs is 2. The van der Waals surface area contributed by atoms with Crippen LogP contribution in [0.4, 0.5) is 11.4 Å². The maximum Gasteiger partial charge on any atom is 0.231 e. The van der Waals surface area contributed by atoms with Crippen molar-refractivity contribution >= 4 is 17.2 Å². The number of carbonyl (C=O) groups is 1. The molecule has 3 aromatic rings. The molecule has 166 valence electrons. The first kappa shape index (κ1) is 19.7. The van der Waals surface area contributed by atoms with Crippen LogP contribution in [0.5, 0.6) is 17.2 Å². The van der Waals surface area contributed by atoms with Gasteiger partial charge in [-0.3, -0.25) is 4.79 Å². The summed E-state index contributed by atoms with van der Waals surface area (Å²) in [5, 5.41) is 7.19. The molecular formula is C27H24N2O4. The molecule has 2 aliphatic heterocycles. The topological polar surface area (TPSA) is 68.8 Å². The zero-order valence-corrected chi connectivity index (χ0v) is 18.3. The summed E-state index contributed by atoms with van der Waals surface area (Å²) < 4.78 is 16.4. The average molecular weight is 440 g/mol. The van der Waals surface area contributed by atoms with E-state index in [1.165, 1.54) is 0 Å².